The van der Waals surface area contributed by atoms with Crippen molar-refractivity contribution in [2.75, 3.05) is 6.61 Å². The van der Waals surface area contributed by atoms with Gasteiger partial charge < -0.3 is 9.47 Å². The summed E-state index contributed by atoms with van der Waals surface area (Å²) in [6, 6.07) is 7.07. The average Bonchev–Trinajstić information content (AvgIpc) is 3.25. The molecule has 0 amide bonds. The van der Waals surface area contributed by atoms with Crippen molar-refractivity contribution in [3.63, 3.8) is 0 Å². The van der Waals surface area contributed by atoms with Crippen LogP contribution in [0.25, 0.3) is 0 Å². The van der Waals surface area contributed by atoms with Gasteiger partial charge in [-0.1, -0.05) is 80.0 Å². The highest BCUT2D eigenvalue weighted by Gasteiger charge is 2.76. The largest absolute Gasteiger partial charge is 0.462 e. The molecule has 1 aromatic carbocycles. The maximum absolute atomic E-state index is 13.4. The van der Waals surface area contributed by atoms with Gasteiger partial charge in [-0.2, -0.15) is 0 Å². The summed E-state index contributed by atoms with van der Waals surface area (Å²) >= 11 is 0. The Kier molecular flexibility index (Phi) is 5.58. The lowest BCUT2D eigenvalue weighted by Crippen LogP contribution is -2.49. The smallest absolute Gasteiger partial charge is 0.351 e. The fourth-order valence-corrected chi connectivity index (χ4v) is 6.76. The van der Waals surface area contributed by atoms with E-state index in [1.165, 1.54) is 16.7 Å². The Labute approximate surface area is 199 Å². The molecule has 2 bridgehead atoms. The van der Waals surface area contributed by atoms with Gasteiger partial charge in [-0.3, -0.25) is 4.79 Å². The van der Waals surface area contributed by atoms with E-state index in [1.54, 1.807) is 0 Å². The van der Waals surface area contributed by atoms with E-state index in [0.29, 0.717) is 37.2 Å². The highest BCUT2D eigenvalue weighted by molar-refractivity contribution is 5.93. The zero-order valence-electron chi connectivity index (χ0n) is 22.0. The van der Waals surface area contributed by atoms with E-state index in [4.69, 9.17) is 9.47 Å². The van der Waals surface area contributed by atoms with Crippen LogP contribution < -0.4 is 0 Å². The molecule has 1 heterocycles. The third kappa shape index (κ3) is 3.15. The Morgan fingerprint density at radius 1 is 1.00 bits per heavy atom. The lowest BCUT2D eigenvalue weighted by molar-refractivity contribution is -0.183. The molecule has 2 saturated carbocycles. The van der Waals surface area contributed by atoms with Crippen molar-refractivity contribution in [2.45, 2.75) is 104 Å². The lowest BCUT2D eigenvalue weighted by Gasteiger charge is -2.34. The van der Waals surface area contributed by atoms with Crippen LogP contribution in [-0.4, -0.2) is 24.1 Å². The van der Waals surface area contributed by atoms with E-state index in [-0.39, 0.29) is 23.3 Å². The molecule has 4 nitrogen and oxygen atoms in total. The normalized spacial score (nSPS) is 36.4. The van der Waals surface area contributed by atoms with Crippen molar-refractivity contribution in [3.8, 4) is 0 Å². The highest BCUT2D eigenvalue weighted by Crippen LogP contribution is 2.66. The second-order valence-electron chi connectivity index (χ2n) is 12.4. The molecule has 0 radical (unpaired) electrons. The molecule has 1 aromatic rings. The van der Waals surface area contributed by atoms with Gasteiger partial charge in [0.25, 0.3) is 0 Å². The second-order valence-corrected chi connectivity index (χ2v) is 12.4. The van der Waals surface area contributed by atoms with Crippen LogP contribution in [0.15, 0.2) is 18.2 Å². The first-order valence-electron chi connectivity index (χ1n) is 12.8. The molecule has 1 aliphatic heterocycles. The van der Waals surface area contributed by atoms with Crippen LogP contribution in [-0.2, 0) is 24.5 Å². The third-order valence-corrected chi connectivity index (χ3v) is 10.1. The molecule has 182 valence electrons. The monoisotopic (exact) mass is 454 g/mol. The van der Waals surface area contributed by atoms with Crippen molar-refractivity contribution in [1.82, 2.24) is 0 Å². The predicted octanol–water partition coefficient (Wildman–Crippen LogP) is 6.51. The van der Waals surface area contributed by atoms with Gasteiger partial charge >= 0.3 is 11.9 Å². The van der Waals surface area contributed by atoms with E-state index >= 15 is 0 Å². The first-order chi connectivity index (χ1) is 15.3. The van der Waals surface area contributed by atoms with Crippen molar-refractivity contribution in [3.05, 3.63) is 34.9 Å². The SMILES string of the molecule is CC[C@@H]1[C@H](COC(=O)C23CCC(C)(C(=O)O2)C3(C)C)[C@]1(C)c1cc(C(C)C)cc(C(C)C)c1. The predicted molar refractivity (Wildman–Crippen MR) is 130 cm³/mol. The van der Waals surface area contributed by atoms with Crippen LogP contribution in [0.5, 0.6) is 0 Å². The second kappa shape index (κ2) is 7.58. The van der Waals surface area contributed by atoms with Crippen LogP contribution >= 0.6 is 0 Å². The molecule has 0 spiro atoms. The van der Waals surface area contributed by atoms with Crippen molar-refractivity contribution in [2.24, 2.45) is 22.7 Å². The molecule has 4 heteroatoms. The van der Waals surface area contributed by atoms with Crippen LogP contribution in [0.3, 0.4) is 0 Å². The van der Waals surface area contributed by atoms with E-state index in [0.717, 1.165) is 6.42 Å². The van der Waals surface area contributed by atoms with Crippen LogP contribution in [0.2, 0.25) is 0 Å². The van der Waals surface area contributed by atoms with E-state index in [9.17, 15) is 9.59 Å². The lowest BCUT2D eigenvalue weighted by atomic mass is 9.66. The van der Waals surface area contributed by atoms with E-state index < -0.39 is 16.4 Å². The molecular formula is C29H42O4. The zero-order chi connectivity index (χ0) is 24.6. The molecular weight excluding hydrogens is 412 g/mol. The first kappa shape index (κ1) is 24.3. The summed E-state index contributed by atoms with van der Waals surface area (Å²) in [4.78, 5) is 26.0. The first-order valence-corrected chi connectivity index (χ1v) is 12.8. The van der Waals surface area contributed by atoms with Gasteiger partial charge in [0, 0.05) is 16.7 Å². The maximum atomic E-state index is 13.4. The van der Waals surface area contributed by atoms with Crippen LogP contribution in [0.4, 0.5) is 0 Å². The van der Waals surface area contributed by atoms with Gasteiger partial charge in [0.15, 0.2) is 0 Å². The Bertz CT molecular complexity index is 950. The van der Waals surface area contributed by atoms with Crippen molar-refractivity contribution >= 4 is 11.9 Å². The number of benzene rings is 1. The average molecular weight is 455 g/mol. The summed E-state index contributed by atoms with van der Waals surface area (Å²) in [6.07, 6.45) is 2.27. The molecule has 1 saturated heterocycles. The van der Waals surface area contributed by atoms with Crippen molar-refractivity contribution < 1.29 is 19.1 Å². The van der Waals surface area contributed by atoms with E-state index in [1.807, 2.05) is 20.8 Å². The fraction of sp³-hybridized carbons (Fsp3) is 0.724. The molecule has 33 heavy (non-hydrogen) atoms. The number of carbonyl (C=O) groups is 2. The van der Waals surface area contributed by atoms with Gasteiger partial charge in [-0.05, 0) is 54.2 Å². The minimum absolute atomic E-state index is 0.00665. The summed E-state index contributed by atoms with van der Waals surface area (Å²) in [7, 11) is 0. The van der Waals surface area contributed by atoms with Gasteiger partial charge in [0.1, 0.15) is 0 Å². The third-order valence-electron chi connectivity index (χ3n) is 10.1. The standard InChI is InChI=1S/C29H42O4/c1-10-22-23(28(22,9)21-14-19(17(2)3)13-20(15-21)18(4)5)16-32-25(31)29-12-11-27(8,24(30)33-29)26(29,6)7/h13-15,17-18,22-23H,10-12,16H2,1-9H3/t22-,23+,27?,28-,29?/m1/s1. The topological polar surface area (TPSA) is 52.6 Å². The van der Waals surface area contributed by atoms with E-state index in [2.05, 4.69) is 59.7 Å². The molecule has 0 N–H and O–H groups in total. The minimum atomic E-state index is -1.14. The van der Waals surface area contributed by atoms with Crippen LogP contribution in [0, 0.1) is 22.7 Å². The summed E-state index contributed by atoms with van der Waals surface area (Å²) in [5.41, 5.74) is 1.78. The summed E-state index contributed by atoms with van der Waals surface area (Å²) in [5.74, 6) is 1.07. The Balaban J connectivity index is 1.56. The molecule has 0 aromatic heterocycles. The quantitative estimate of drug-likeness (QED) is 0.441. The molecule has 5 atom stereocenters. The van der Waals surface area contributed by atoms with Gasteiger partial charge in [-0.15, -0.1) is 0 Å². The Morgan fingerprint density at radius 2 is 1.58 bits per heavy atom. The zero-order valence-corrected chi connectivity index (χ0v) is 22.0. The van der Waals surface area contributed by atoms with Gasteiger partial charge in [0.05, 0.1) is 12.0 Å². The maximum Gasteiger partial charge on any atom is 0.351 e. The van der Waals surface area contributed by atoms with Gasteiger partial charge in [-0.25, -0.2) is 4.79 Å². The van der Waals surface area contributed by atoms with Gasteiger partial charge in [0.2, 0.25) is 5.60 Å². The number of hydrogen-bond acceptors (Lipinski definition) is 4. The molecule has 2 unspecified atom stereocenters. The Hall–Kier alpha value is -1.84. The number of hydrogen-bond donors (Lipinski definition) is 0. The molecule has 3 aliphatic rings. The molecule has 4 rings (SSSR count). The number of esters is 2. The molecule has 2 aliphatic carbocycles. The summed E-state index contributed by atoms with van der Waals surface area (Å²) in [5, 5.41) is 0. The Morgan fingerprint density at radius 3 is 2.00 bits per heavy atom. The summed E-state index contributed by atoms with van der Waals surface area (Å²) < 4.78 is 11.7. The number of fused-ring (bicyclic) bond motifs is 2. The number of ether oxygens (including phenoxy) is 2. The number of rotatable bonds is 7. The van der Waals surface area contributed by atoms with Crippen molar-refractivity contribution in [1.29, 1.82) is 0 Å². The number of carbonyl (C=O) groups excluding carboxylic acids is 2. The minimum Gasteiger partial charge on any atom is -0.462 e. The van der Waals surface area contributed by atoms with Crippen LogP contribution in [0.1, 0.15) is 110 Å². The summed E-state index contributed by atoms with van der Waals surface area (Å²) in [6.45, 7) is 19.8. The highest BCUT2D eigenvalue weighted by atomic mass is 16.6. The fourth-order valence-electron chi connectivity index (χ4n) is 6.76. The molecule has 3 fully saturated rings.